The van der Waals surface area contributed by atoms with Gasteiger partial charge in [-0.3, -0.25) is 0 Å². The van der Waals surface area contributed by atoms with Crippen molar-refractivity contribution in [2.75, 3.05) is 6.54 Å². The van der Waals surface area contributed by atoms with E-state index in [9.17, 15) is 12.8 Å². The number of benzene rings is 1. The topological polar surface area (TPSA) is 63.4 Å². The van der Waals surface area contributed by atoms with Crippen molar-refractivity contribution in [3.8, 4) is 0 Å². The number of sulfonamides is 1. The Kier molecular flexibility index (Phi) is 3.54. The molecule has 0 amide bonds. The third kappa shape index (κ3) is 2.47. The molecule has 21 heavy (non-hydrogen) atoms. The van der Waals surface area contributed by atoms with Gasteiger partial charge in [0.2, 0.25) is 10.0 Å². The minimum Gasteiger partial charge on any atom is -0.359 e. The van der Waals surface area contributed by atoms with E-state index in [0.29, 0.717) is 30.8 Å². The molecule has 0 unspecified atom stereocenters. The maximum absolute atomic E-state index is 13.8. The van der Waals surface area contributed by atoms with Crippen molar-refractivity contribution in [1.82, 2.24) is 9.46 Å². The Hall–Kier alpha value is -1.73. The van der Waals surface area contributed by atoms with Crippen molar-refractivity contribution in [1.29, 1.82) is 0 Å². The van der Waals surface area contributed by atoms with Crippen LogP contribution in [0.25, 0.3) is 0 Å². The second-order valence-electron chi connectivity index (χ2n) is 5.07. The summed E-state index contributed by atoms with van der Waals surface area (Å²) in [5, 5.41) is 3.80. The van der Waals surface area contributed by atoms with Crippen LogP contribution in [0.2, 0.25) is 0 Å². The third-order valence-electron chi connectivity index (χ3n) is 3.60. The zero-order chi connectivity index (χ0) is 15.0. The molecule has 2 heterocycles. The monoisotopic (exact) mass is 310 g/mol. The van der Waals surface area contributed by atoms with Gasteiger partial charge in [-0.1, -0.05) is 17.3 Å². The quantitative estimate of drug-likeness (QED) is 0.874. The van der Waals surface area contributed by atoms with Gasteiger partial charge in [0.1, 0.15) is 10.7 Å². The molecule has 0 aliphatic carbocycles. The fourth-order valence-corrected chi connectivity index (χ4v) is 4.36. The average Bonchev–Trinajstić information content (AvgIpc) is 3.07. The molecule has 0 bridgehead atoms. The normalized spacial score (nSPS) is 20.0. The Morgan fingerprint density at radius 2 is 2.14 bits per heavy atom. The largest absolute Gasteiger partial charge is 0.359 e. The first-order chi connectivity index (χ1) is 10.00. The molecule has 0 saturated carbocycles. The Balaban J connectivity index is 2.00. The lowest BCUT2D eigenvalue weighted by molar-refractivity contribution is 0.296. The highest BCUT2D eigenvalue weighted by atomic mass is 32.2. The lowest BCUT2D eigenvalue weighted by Crippen LogP contribution is -2.31. The molecule has 1 saturated heterocycles. The van der Waals surface area contributed by atoms with Crippen molar-refractivity contribution in [3.63, 3.8) is 0 Å². The van der Waals surface area contributed by atoms with E-state index in [2.05, 4.69) is 5.16 Å². The van der Waals surface area contributed by atoms with E-state index in [-0.39, 0.29) is 4.90 Å². The lowest BCUT2D eigenvalue weighted by atomic mass is 10.2. The predicted molar refractivity (Wildman–Crippen MR) is 73.5 cm³/mol. The number of aromatic nitrogens is 1. The average molecular weight is 310 g/mol. The SMILES string of the molecule is Cc1cc([C@H]2CCCN2S(=O)(=O)c2ccccc2F)on1. The van der Waals surface area contributed by atoms with Crippen LogP contribution in [0.5, 0.6) is 0 Å². The molecule has 0 spiro atoms. The number of halogens is 1. The Morgan fingerprint density at radius 1 is 1.38 bits per heavy atom. The highest BCUT2D eigenvalue weighted by Gasteiger charge is 2.39. The predicted octanol–water partition coefficient (Wildman–Crippen LogP) is 2.65. The van der Waals surface area contributed by atoms with E-state index < -0.39 is 21.9 Å². The van der Waals surface area contributed by atoms with Gasteiger partial charge in [0.05, 0.1) is 11.7 Å². The summed E-state index contributed by atoms with van der Waals surface area (Å²) in [6.45, 7) is 2.12. The number of nitrogens with zero attached hydrogens (tertiary/aromatic N) is 2. The third-order valence-corrected chi connectivity index (χ3v) is 5.54. The molecule has 2 aromatic rings. The molecule has 1 fully saturated rings. The van der Waals surface area contributed by atoms with Crippen LogP contribution in [0.4, 0.5) is 4.39 Å². The minimum atomic E-state index is -3.89. The summed E-state index contributed by atoms with van der Waals surface area (Å²) in [5.41, 5.74) is 0.695. The standard InChI is InChI=1S/C14H15FN2O3S/c1-10-9-13(20-16-10)12-6-4-8-17(12)21(18,19)14-7-3-2-5-11(14)15/h2-3,5,7,9,12H,4,6,8H2,1H3/t12-/m1/s1. The first-order valence-corrected chi connectivity index (χ1v) is 8.14. The van der Waals surface area contributed by atoms with Gasteiger partial charge in [0.25, 0.3) is 0 Å². The van der Waals surface area contributed by atoms with Crippen LogP contribution in [0.15, 0.2) is 39.8 Å². The smallest absolute Gasteiger partial charge is 0.246 e. The van der Waals surface area contributed by atoms with Crippen LogP contribution in [0, 0.1) is 12.7 Å². The minimum absolute atomic E-state index is 0.298. The van der Waals surface area contributed by atoms with E-state index in [0.717, 1.165) is 6.07 Å². The van der Waals surface area contributed by atoms with Gasteiger partial charge in [-0.15, -0.1) is 0 Å². The van der Waals surface area contributed by atoms with Crippen molar-refractivity contribution >= 4 is 10.0 Å². The fourth-order valence-electron chi connectivity index (χ4n) is 2.63. The number of rotatable bonds is 3. The summed E-state index contributed by atoms with van der Waals surface area (Å²) in [6.07, 6.45) is 1.35. The van der Waals surface area contributed by atoms with Crippen LogP contribution in [0.3, 0.4) is 0 Å². The number of hydrogen-bond donors (Lipinski definition) is 0. The molecule has 112 valence electrons. The molecule has 1 aliphatic rings. The molecule has 1 aliphatic heterocycles. The van der Waals surface area contributed by atoms with Crippen LogP contribution in [-0.4, -0.2) is 24.4 Å². The summed E-state index contributed by atoms with van der Waals surface area (Å²) in [6, 6.07) is 6.72. The highest BCUT2D eigenvalue weighted by molar-refractivity contribution is 7.89. The molecule has 7 heteroatoms. The van der Waals surface area contributed by atoms with E-state index in [4.69, 9.17) is 4.52 Å². The van der Waals surface area contributed by atoms with Gasteiger partial charge in [0.15, 0.2) is 5.76 Å². The first kappa shape index (κ1) is 14.2. The van der Waals surface area contributed by atoms with Crippen molar-refractivity contribution in [2.24, 2.45) is 0 Å². The zero-order valence-electron chi connectivity index (χ0n) is 11.5. The van der Waals surface area contributed by atoms with E-state index in [1.807, 2.05) is 0 Å². The summed E-state index contributed by atoms with van der Waals surface area (Å²) < 4.78 is 45.7. The lowest BCUT2D eigenvalue weighted by Gasteiger charge is -2.22. The second kappa shape index (κ2) is 5.23. The van der Waals surface area contributed by atoms with Gasteiger partial charge in [-0.05, 0) is 31.9 Å². The van der Waals surface area contributed by atoms with Crippen molar-refractivity contribution in [3.05, 3.63) is 47.6 Å². The van der Waals surface area contributed by atoms with Gasteiger partial charge in [-0.2, -0.15) is 4.31 Å². The summed E-state index contributed by atoms with van der Waals surface area (Å²) >= 11 is 0. The first-order valence-electron chi connectivity index (χ1n) is 6.70. The zero-order valence-corrected chi connectivity index (χ0v) is 12.3. The maximum atomic E-state index is 13.8. The summed E-state index contributed by atoms with van der Waals surface area (Å²) in [5.74, 6) is -0.234. The Morgan fingerprint density at radius 3 is 2.81 bits per heavy atom. The molecule has 1 aromatic carbocycles. The van der Waals surface area contributed by atoms with E-state index in [1.54, 1.807) is 13.0 Å². The van der Waals surface area contributed by atoms with Crippen LogP contribution < -0.4 is 0 Å². The Bertz CT molecular complexity index is 757. The molecular weight excluding hydrogens is 295 g/mol. The van der Waals surface area contributed by atoms with Crippen molar-refractivity contribution < 1.29 is 17.3 Å². The van der Waals surface area contributed by atoms with Crippen molar-refractivity contribution in [2.45, 2.75) is 30.7 Å². The molecule has 0 N–H and O–H groups in total. The van der Waals surface area contributed by atoms with E-state index >= 15 is 0 Å². The van der Waals surface area contributed by atoms with Gasteiger partial charge in [0, 0.05) is 12.6 Å². The van der Waals surface area contributed by atoms with Crippen LogP contribution >= 0.6 is 0 Å². The molecule has 1 atom stereocenters. The van der Waals surface area contributed by atoms with Gasteiger partial charge in [-0.25, -0.2) is 12.8 Å². The maximum Gasteiger partial charge on any atom is 0.246 e. The fraction of sp³-hybridized carbons (Fsp3) is 0.357. The summed E-state index contributed by atoms with van der Waals surface area (Å²) in [7, 11) is -3.89. The molecule has 0 radical (unpaired) electrons. The number of aryl methyl sites for hydroxylation is 1. The number of hydrogen-bond acceptors (Lipinski definition) is 4. The molecular formula is C14H15FN2O3S. The van der Waals surface area contributed by atoms with E-state index in [1.165, 1.54) is 22.5 Å². The highest BCUT2D eigenvalue weighted by Crippen LogP contribution is 2.37. The Labute approximate surface area is 122 Å². The van der Waals surface area contributed by atoms with Gasteiger partial charge < -0.3 is 4.52 Å². The van der Waals surface area contributed by atoms with Crippen LogP contribution in [0.1, 0.15) is 30.3 Å². The molecule has 3 rings (SSSR count). The van der Waals surface area contributed by atoms with Crippen LogP contribution in [-0.2, 0) is 10.0 Å². The van der Waals surface area contributed by atoms with Gasteiger partial charge >= 0.3 is 0 Å². The summed E-state index contributed by atoms with van der Waals surface area (Å²) in [4.78, 5) is -0.298. The molecule has 5 nitrogen and oxygen atoms in total. The second-order valence-corrected chi connectivity index (χ2v) is 6.93. The molecule has 1 aromatic heterocycles.